The van der Waals surface area contributed by atoms with E-state index in [0.29, 0.717) is 6.42 Å². The molecule has 3 heteroatoms. The van der Waals surface area contributed by atoms with Crippen molar-refractivity contribution in [2.24, 2.45) is 0 Å². The van der Waals surface area contributed by atoms with E-state index in [1.54, 1.807) is 6.92 Å². The number of rotatable bonds is 5. The number of carbonyl (C=O) groups excluding carboxylic acids is 1. The molecule has 0 bridgehead atoms. The van der Waals surface area contributed by atoms with Gasteiger partial charge in [0.15, 0.2) is 5.12 Å². The lowest BCUT2D eigenvalue weighted by atomic mass is 10.3. The Morgan fingerprint density at radius 3 is 2.64 bits per heavy atom. The van der Waals surface area contributed by atoms with Gasteiger partial charge in [0.25, 0.3) is 0 Å². The van der Waals surface area contributed by atoms with E-state index in [9.17, 15) is 4.79 Å². The van der Waals surface area contributed by atoms with Crippen LogP contribution in [0.2, 0.25) is 0 Å². The van der Waals surface area contributed by atoms with E-state index in [-0.39, 0.29) is 11.7 Å². The Bertz CT molecular complexity index is 132. The third-order valence-electron chi connectivity index (χ3n) is 1.05. The molecular weight excluding hydrogens is 160 g/mol. The lowest BCUT2D eigenvalue weighted by Crippen LogP contribution is -1.83. The van der Waals surface area contributed by atoms with Crippen LogP contribution in [0.3, 0.4) is 0 Å². The van der Waals surface area contributed by atoms with Crippen LogP contribution in [0.5, 0.6) is 0 Å². The Labute approximate surface area is 71.7 Å². The van der Waals surface area contributed by atoms with Gasteiger partial charge < -0.3 is 5.11 Å². The van der Waals surface area contributed by atoms with Gasteiger partial charge >= 0.3 is 0 Å². The predicted molar refractivity (Wildman–Crippen MR) is 48.6 cm³/mol. The molecule has 0 saturated carbocycles. The summed E-state index contributed by atoms with van der Waals surface area (Å²) < 4.78 is 0. The Kier molecular flexibility index (Phi) is 7.62. The highest BCUT2D eigenvalue weighted by Gasteiger charge is 1.89. The number of hydrogen-bond acceptors (Lipinski definition) is 3. The number of hydrogen-bond donors (Lipinski definition) is 1. The van der Waals surface area contributed by atoms with Crippen LogP contribution in [-0.2, 0) is 4.79 Å². The minimum Gasteiger partial charge on any atom is -0.396 e. The van der Waals surface area contributed by atoms with Crippen molar-refractivity contribution < 1.29 is 9.90 Å². The fourth-order valence-corrected chi connectivity index (χ4v) is 1.12. The molecule has 0 atom stereocenters. The Balaban J connectivity index is 3.07. The number of carbonyl (C=O) groups is 1. The molecule has 2 nitrogen and oxygen atoms in total. The largest absolute Gasteiger partial charge is 0.396 e. The average molecular weight is 174 g/mol. The van der Waals surface area contributed by atoms with E-state index in [0.717, 1.165) is 12.2 Å². The summed E-state index contributed by atoms with van der Waals surface area (Å²) in [4.78, 5) is 10.4. The van der Waals surface area contributed by atoms with Gasteiger partial charge in [-0.15, -0.1) is 0 Å². The highest BCUT2D eigenvalue weighted by molar-refractivity contribution is 8.13. The van der Waals surface area contributed by atoms with Crippen LogP contribution in [0.4, 0.5) is 0 Å². The number of allylic oxidation sites excluding steroid dienone is 1. The van der Waals surface area contributed by atoms with Crippen molar-refractivity contribution in [3.8, 4) is 0 Å². The van der Waals surface area contributed by atoms with E-state index in [1.807, 2.05) is 12.2 Å². The molecule has 0 fully saturated rings. The quantitative estimate of drug-likeness (QED) is 0.508. The molecule has 0 aliphatic rings. The molecule has 0 unspecified atom stereocenters. The summed E-state index contributed by atoms with van der Waals surface area (Å²) in [6.07, 6.45) is 5.54. The molecule has 64 valence electrons. The van der Waals surface area contributed by atoms with E-state index < -0.39 is 0 Å². The zero-order valence-corrected chi connectivity index (χ0v) is 7.56. The molecule has 0 aliphatic heterocycles. The minimum absolute atomic E-state index is 0.167. The fraction of sp³-hybridized carbons (Fsp3) is 0.625. The lowest BCUT2D eigenvalue weighted by Gasteiger charge is -1.90. The van der Waals surface area contributed by atoms with Crippen LogP contribution in [0, 0.1) is 0 Å². The first-order chi connectivity index (χ1) is 5.27. The Morgan fingerprint density at radius 1 is 1.45 bits per heavy atom. The van der Waals surface area contributed by atoms with Gasteiger partial charge in [-0.05, 0) is 12.8 Å². The van der Waals surface area contributed by atoms with Crippen molar-refractivity contribution >= 4 is 16.9 Å². The number of thioether (sulfide) groups is 1. The Morgan fingerprint density at radius 2 is 2.09 bits per heavy atom. The van der Waals surface area contributed by atoms with Gasteiger partial charge in [0.05, 0.1) is 0 Å². The predicted octanol–water partition coefficient (Wildman–Crippen LogP) is 1.59. The molecule has 0 heterocycles. The van der Waals surface area contributed by atoms with Crippen LogP contribution < -0.4 is 0 Å². The fourth-order valence-electron chi connectivity index (χ4n) is 0.581. The van der Waals surface area contributed by atoms with Crippen LogP contribution in [0.1, 0.15) is 19.8 Å². The molecule has 0 aromatic rings. The monoisotopic (exact) mass is 174 g/mol. The number of aliphatic hydroxyl groups is 1. The van der Waals surface area contributed by atoms with Crippen LogP contribution >= 0.6 is 11.8 Å². The lowest BCUT2D eigenvalue weighted by molar-refractivity contribution is -0.109. The third-order valence-corrected chi connectivity index (χ3v) is 1.90. The van der Waals surface area contributed by atoms with Crippen molar-refractivity contribution in [2.75, 3.05) is 12.4 Å². The molecule has 1 N–H and O–H groups in total. The SMILES string of the molecule is CC(=O)SCC/C=C\CCO. The molecule has 0 radical (unpaired) electrons. The van der Waals surface area contributed by atoms with E-state index in [4.69, 9.17) is 5.11 Å². The topological polar surface area (TPSA) is 37.3 Å². The number of aliphatic hydroxyl groups excluding tert-OH is 1. The van der Waals surface area contributed by atoms with E-state index in [2.05, 4.69) is 0 Å². The molecule has 0 aromatic carbocycles. The van der Waals surface area contributed by atoms with Gasteiger partial charge in [0.2, 0.25) is 0 Å². The van der Waals surface area contributed by atoms with Gasteiger partial charge in [-0.25, -0.2) is 0 Å². The second-order valence-electron chi connectivity index (χ2n) is 2.11. The van der Waals surface area contributed by atoms with Crippen molar-refractivity contribution in [3.05, 3.63) is 12.2 Å². The van der Waals surface area contributed by atoms with E-state index in [1.165, 1.54) is 11.8 Å². The molecule has 0 spiro atoms. The summed E-state index contributed by atoms with van der Waals surface area (Å²) in [6, 6.07) is 0. The van der Waals surface area contributed by atoms with Crippen LogP contribution in [-0.4, -0.2) is 22.6 Å². The molecule has 0 amide bonds. The molecule has 0 aromatic heterocycles. The van der Waals surface area contributed by atoms with Gasteiger partial charge in [-0.2, -0.15) is 0 Å². The van der Waals surface area contributed by atoms with Gasteiger partial charge in [-0.3, -0.25) is 4.79 Å². The van der Waals surface area contributed by atoms with Crippen LogP contribution in [0.15, 0.2) is 12.2 Å². The van der Waals surface area contributed by atoms with Gasteiger partial charge in [-0.1, -0.05) is 23.9 Å². The van der Waals surface area contributed by atoms with Crippen molar-refractivity contribution in [3.63, 3.8) is 0 Å². The zero-order valence-electron chi connectivity index (χ0n) is 6.75. The summed E-state index contributed by atoms with van der Waals surface area (Å²) in [6.45, 7) is 1.78. The molecule has 0 rings (SSSR count). The van der Waals surface area contributed by atoms with Crippen molar-refractivity contribution in [1.29, 1.82) is 0 Å². The maximum absolute atomic E-state index is 10.4. The van der Waals surface area contributed by atoms with Crippen LogP contribution in [0.25, 0.3) is 0 Å². The highest BCUT2D eigenvalue weighted by atomic mass is 32.2. The van der Waals surface area contributed by atoms with Gasteiger partial charge in [0, 0.05) is 19.3 Å². The molecule has 11 heavy (non-hydrogen) atoms. The summed E-state index contributed by atoms with van der Waals surface area (Å²) in [5.74, 6) is 0.845. The smallest absolute Gasteiger partial charge is 0.185 e. The third kappa shape index (κ3) is 9.72. The summed E-state index contributed by atoms with van der Waals surface area (Å²) in [7, 11) is 0. The molecule has 0 aliphatic carbocycles. The van der Waals surface area contributed by atoms with Crippen molar-refractivity contribution in [1.82, 2.24) is 0 Å². The maximum Gasteiger partial charge on any atom is 0.185 e. The Hall–Kier alpha value is -0.280. The second-order valence-corrected chi connectivity index (χ2v) is 3.38. The normalized spacial score (nSPS) is 10.7. The standard InChI is InChI=1S/C8H14O2S/c1-8(10)11-7-5-3-2-4-6-9/h2-3,9H,4-7H2,1H3/b3-2-. The van der Waals surface area contributed by atoms with Crippen molar-refractivity contribution in [2.45, 2.75) is 19.8 Å². The first-order valence-electron chi connectivity index (χ1n) is 3.66. The highest BCUT2D eigenvalue weighted by Crippen LogP contribution is 2.03. The maximum atomic E-state index is 10.4. The second kappa shape index (κ2) is 7.82. The molecule has 0 saturated heterocycles. The molecular formula is C8H14O2S. The minimum atomic E-state index is 0.167. The summed E-state index contributed by atoms with van der Waals surface area (Å²) in [5.41, 5.74) is 0. The van der Waals surface area contributed by atoms with Gasteiger partial charge in [0.1, 0.15) is 0 Å². The first-order valence-corrected chi connectivity index (χ1v) is 4.65. The summed E-state index contributed by atoms with van der Waals surface area (Å²) in [5, 5.41) is 8.57. The average Bonchev–Trinajstić information content (AvgIpc) is 1.96. The zero-order chi connectivity index (χ0) is 8.53. The first kappa shape index (κ1) is 10.7. The summed E-state index contributed by atoms with van der Waals surface area (Å²) >= 11 is 1.34. The van der Waals surface area contributed by atoms with E-state index >= 15 is 0 Å².